The van der Waals surface area contributed by atoms with Gasteiger partial charge in [0, 0.05) is 25.3 Å². The monoisotopic (exact) mass is 435 g/mol. The Kier molecular flexibility index (Phi) is 5.95. The first-order chi connectivity index (χ1) is 14.6. The molecule has 31 heavy (non-hydrogen) atoms. The minimum Gasteiger partial charge on any atom is -0.399 e. The van der Waals surface area contributed by atoms with Crippen LogP contribution in [0.1, 0.15) is 21.6 Å². The number of para-hydroxylation sites is 1. The van der Waals surface area contributed by atoms with E-state index in [1.807, 2.05) is 0 Å². The number of rotatable bonds is 5. The molecule has 0 saturated heterocycles. The number of anilines is 2. The zero-order chi connectivity index (χ0) is 22.8. The van der Waals surface area contributed by atoms with Crippen LogP contribution < -0.4 is 21.9 Å². The summed E-state index contributed by atoms with van der Waals surface area (Å²) in [7, 11) is 1.45. The lowest BCUT2D eigenvalue weighted by Gasteiger charge is -2.13. The van der Waals surface area contributed by atoms with Crippen molar-refractivity contribution >= 4 is 17.3 Å². The van der Waals surface area contributed by atoms with Crippen LogP contribution in [0.15, 0.2) is 53.3 Å². The maximum Gasteiger partial charge on any atom is 0.416 e. The Bertz CT molecular complexity index is 1190. The summed E-state index contributed by atoms with van der Waals surface area (Å²) in [6.45, 7) is -0.281. The zero-order valence-electron chi connectivity index (χ0n) is 16.1. The number of aromatic nitrogens is 2. The highest BCUT2D eigenvalue weighted by Gasteiger charge is 2.31. The summed E-state index contributed by atoms with van der Waals surface area (Å²) in [6, 6.07) is 9.39. The molecule has 2 aromatic carbocycles. The molecule has 0 saturated carbocycles. The third kappa shape index (κ3) is 4.82. The summed E-state index contributed by atoms with van der Waals surface area (Å²) >= 11 is 0. The molecule has 0 radical (unpaired) electrons. The molecule has 3 aromatic rings. The number of alkyl halides is 3. The number of nitrogen functional groups attached to an aromatic ring is 1. The van der Waals surface area contributed by atoms with E-state index >= 15 is 0 Å². The molecule has 11 heteroatoms. The summed E-state index contributed by atoms with van der Waals surface area (Å²) < 4.78 is 53.7. The molecule has 1 amide bonds. The molecule has 0 fully saturated rings. The molecule has 0 aliphatic heterocycles. The van der Waals surface area contributed by atoms with Gasteiger partial charge in [0.15, 0.2) is 5.69 Å². The van der Waals surface area contributed by atoms with Crippen molar-refractivity contribution in [2.45, 2.75) is 12.7 Å². The number of amides is 1. The van der Waals surface area contributed by atoms with Gasteiger partial charge >= 0.3 is 6.18 Å². The summed E-state index contributed by atoms with van der Waals surface area (Å²) in [5.41, 5.74) is 3.57. The van der Waals surface area contributed by atoms with E-state index in [0.29, 0.717) is 0 Å². The van der Waals surface area contributed by atoms with Crippen molar-refractivity contribution < 1.29 is 22.4 Å². The Morgan fingerprint density at radius 1 is 1.16 bits per heavy atom. The van der Waals surface area contributed by atoms with E-state index in [1.165, 1.54) is 31.3 Å². The standard InChI is InChI=1S/C20H17F4N5O2/c1-26-15-9-17(30)29(16-5-3-2-4-14(16)21)28-18(15)19(31)27-10-11-6-12(20(22,23)24)8-13(25)7-11/h2-9,26H,10,25H2,1H3,(H,27,31). The molecular weight excluding hydrogens is 418 g/mol. The number of nitrogens with one attached hydrogen (secondary N) is 2. The third-order valence-corrected chi connectivity index (χ3v) is 4.29. The Balaban J connectivity index is 1.92. The average Bonchev–Trinajstić information content (AvgIpc) is 2.71. The number of hydrogen-bond acceptors (Lipinski definition) is 5. The van der Waals surface area contributed by atoms with Gasteiger partial charge in [0.05, 0.1) is 11.3 Å². The quantitative estimate of drug-likeness (QED) is 0.423. The number of hydrogen-bond donors (Lipinski definition) is 3. The molecule has 162 valence electrons. The van der Waals surface area contributed by atoms with Crippen LogP contribution in [0.4, 0.5) is 28.9 Å². The van der Waals surface area contributed by atoms with Crippen molar-refractivity contribution in [2.24, 2.45) is 0 Å². The van der Waals surface area contributed by atoms with E-state index in [0.717, 1.165) is 28.9 Å². The lowest BCUT2D eigenvalue weighted by Crippen LogP contribution is -2.30. The molecule has 0 atom stereocenters. The predicted octanol–water partition coefficient (Wildman–Crippen LogP) is 2.94. The molecule has 0 bridgehead atoms. The lowest BCUT2D eigenvalue weighted by atomic mass is 10.1. The Labute approximate surface area is 173 Å². The van der Waals surface area contributed by atoms with Gasteiger partial charge in [0.2, 0.25) is 0 Å². The molecular formula is C20H17F4N5O2. The number of halogens is 4. The van der Waals surface area contributed by atoms with E-state index in [9.17, 15) is 27.2 Å². The van der Waals surface area contributed by atoms with E-state index < -0.39 is 29.0 Å². The fraction of sp³-hybridized carbons (Fsp3) is 0.150. The van der Waals surface area contributed by atoms with Gasteiger partial charge in [-0.15, -0.1) is 0 Å². The minimum atomic E-state index is -4.59. The van der Waals surface area contributed by atoms with Crippen molar-refractivity contribution in [1.82, 2.24) is 15.1 Å². The number of nitrogens with zero attached hydrogens (tertiary/aromatic N) is 2. The summed E-state index contributed by atoms with van der Waals surface area (Å²) in [5.74, 6) is -1.51. The molecule has 0 aliphatic rings. The van der Waals surface area contributed by atoms with Gasteiger partial charge in [-0.2, -0.15) is 23.0 Å². The molecule has 0 spiro atoms. The van der Waals surface area contributed by atoms with Gasteiger partial charge < -0.3 is 16.4 Å². The molecule has 3 rings (SSSR count). The highest BCUT2D eigenvalue weighted by Crippen LogP contribution is 2.31. The van der Waals surface area contributed by atoms with Crippen LogP contribution in [0.25, 0.3) is 5.69 Å². The summed E-state index contributed by atoms with van der Waals surface area (Å²) in [6.07, 6.45) is -4.59. The fourth-order valence-electron chi connectivity index (χ4n) is 2.86. The van der Waals surface area contributed by atoms with E-state index in [4.69, 9.17) is 5.73 Å². The van der Waals surface area contributed by atoms with Crippen LogP contribution in [-0.2, 0) is 12.7 Å². The van der Waals surface area contributed by atoms with Crippen LogP contribution in [0.3, 0.4) is 0 Å². The fourth-order valence-corrected chi connectivity index (χ4v) is 2.86. The largest absolute Gasteiger partial charge is 0.416 e. The van der Waals surface area contributed by atoms with Gasteiger partial charge in [0.1, 0.15) is 11.5 Å². The van der Waals surface area contributed by atoms with E-state index in [-0.39, 0.29) is 34.9 Å². The van der Waals surface area contributed by atoms with Crippen molar-refractivity contribution in [3.05, 3.63) is 81.5 Å². The molecule has 1 heterocycles. The van der Waals surface area contributed by atoms with Crippen molar-refractivity contribution in [1.29, 1.82) is 0 Å². The Morgan fingerprint density at radius 2 is 1.87 bits per heavy atom. The molecule has 7 nitrogen and oxygen atoms in total. The second kappa shape index (κ2) is 8.46. The summed E-state index contributed by atoms with van der Waals surface area (Å²) in [4.78, 5) is 25.0. The van der Waals surface area contributed by atoms with Gasteiger partial charge in [-0.3, -0.25) is 9.59 Å². The van der Waals surface area contributed by atoms with Crippen LogP contribution in [0, 0.1) is 5.82 Å². The normalized spacial score (nSPS) is 11.3. The maximum absolute atomic E-state index is 14.1. The number of carbonyl (C=O) groups is 1. The summed E-state index contributed by atoms with van der Waals surface area (Å²) in [5, 5.41) is 9.03. The van der Waals surface area contributed by atoms with Crippen LogP contribution >= 0.6 is 0 Å². The molecule has 1 aromatic heterocycles. The minimum absolute atomic E-state index is 0.0682. The van der Waals surface area contributed by atoms with Crippen LogP contribution in [0.5, 0.6) is 0 Å². The lowest BCUT2D eigenvalue weighted by molar-refractivity contribution is -0.137. The van der Waals surface area contributed by atoms with E-state index in [1.54, 1.807) is 0 Å². The number of benzene rings is 2. The van der Waals surface area contributed by atoms with Gasteiger partial charge in [-0.25, -0.2) is 4.39 Å². The van der Waals surface area contributed by atoms with Gasteiger partial charge in [-0.05, 0) is 35.9 Å². The highest BCUT2D eigenvalue weighted by molar-refractivity contribution is 5.97. The first-order valence-electron chi connectivity index (χ1n) is 8.92. The highest BCUT2D eigenvalue weighted by atomic mass is 19.4. The second-order valence-corrected chi connectivity index (χ2v) is 6.50. The maximum atomic E-state index is 14.1. The first-order valence-corrected chi connectivity index (χ1v) is 8.92. The van der Waals surface area contributed by atoms with Crippen molar-refractivity contribution in [3.63, 3.8) is 0 Å². The Morgan fingerprint density at radius 3 is 2.52 bits per heavy atom. The molecule has 0 unspecified atom stereocenters. The third-order valence-electron chi connectivity index (χ3n) is 4.29. The predicted molar refractivity (Wildman–Crippen MR) is 106 cm³/mol. The second-order valence-electron chi connectivity index (χ2n) is 6.50. The SMILES string of the molecule is CNc1cc(=O)n(-c2ccccc2F)nc1C(=O)NCc1cc(N)cc(C(F)(F)F)c1. The molecule has 0 aliphatic carbocycles. The smallest absolute Gasteiger partial charge is 0.399 e. The number of nitrogens with two attached hydrogens (primary N) is 1. The van der Waals surface area contributed by atoms with E-state index in [2.05, 4.69) is 15.7 Å². The van der Waals surface area contributed by atoms with Crippen LogP contribution in [-0.4, -0.2) is 22.7 Å². The zero-order valence-corrected chi connectivity index (χ0v) is 16.1. The number of carbonyl (C=O) groups excluding carboxylic acids is 1. The van der Waals surface area contributed by atoms with Gasteiger partial charge in [-0.1, -0.05) is 12.1 Å². The molecule has 4 N–H and O–H groups in total. The Hall–Kier alpha value is -3.89. The topological polar surface area (TPSA) is 102 Å². The van der Waals surface area contributed by atoms with Crippen LogP contribution in [0.2, 0.25) is 0 Å². The van der Waals surface area contributed by atoms with Crippen molar-refractivity contribution in [2.75, 3.05) is 18.1 Å². The average molecular weight is 435 g/mol. The van der Waals surface area contributed by atoms with Crippen molar-refractivity contribution in [3.8, 4) is 5.69 Å². The first kappa shape index (κ1) is 21.8. The van der Waals surface area contributed by atoms with Gasteiger partial charge in [0.25, 0.3) is 11.5 Å².